The largest absolute Gasteiger partial charge is 0.416 e. The fourth-order valence-electron chi connectivity index (χ4n) is 4.41. The van der Waals surface area contributed by atoms with Crippen molar-refractivity contribution in [3.05, 3.63) is 71.7 Å². The molecule has 1 aromatic carbocycles. The molecule has 0 bridgehead atoms. The van der Waals surface area contributed by atoms with Gasteiger partial charge in [-0.2, -0.15) is 18.3 Å². The molecule has 1 atom stereocenters. The minimum Gasteiger partial charge on any atom is -0.382 e. The van der Waals surface area contributed by atoms with E-state index in [-0.39, 0.29) is 36.3 Å². The molecule has 3 N–H and O–H groups in total. The number of alkyl halides is 3. The SMILES string of the molecule is COCC(=O)N1CCOC(c2nn(-c3ccc(C(=O)Nc4cc(C(F)(F)F)ccn4)cc3)c3c(N)nccc23)C1. The van der Waals surface area contributed by atoms with Gasteiger partial charge in [0, 0.05) is 37.0 Å². The van der Waals surface area contributed by atoms with Crippen LogP contribution in [0.3, 0.4) is 0 Å². The summed E-state index contributed by atoms with van der Waals surface area (Å²) >= 11 is 0. The predicted octanol–water partition coefficient (Wildman–Crippen LogP) is 3.22. The molecular weight excluding hydrogens is 531 g/mol. The number of nitrogens with zero attached hydrogens (tertiary/aromatic N) is 5. The standard InChI is InChI=1S/C26H24F3N7O4/c1-39-14-21(37)35-10-11-40-19(13-35)22-18-7-9-32-24(30)23(18)36(34-22)17-4-2-15(3-5-17)25(38)33-20-12-16(6-8-31-20)26(27,28)29/h2-9,12,19H,10-11,13-14H2,1H3,(H2,30,32)(H,31,33,38). The van der Waals surface area contributed by atoms with E-state index in [1.807, 2.05) is 0 Å². The Labute approximate surface area is 225 Å². The summed E-state index contributed by atoms with van der Waals surface area (Å²) in [6.45, 7) is 0.988. The number of nitrogen functional groups attached to an aromatic ring is 1. The molecule has 0 aliphatic carbocycles. The van der Waals surface area contributed by atoms with Crippen LogP contribution in [0, 0.1) is 0 Å². The zero-order valence-electron chi connectivity index (χ0n) is 21.2. The number of nitrogens with two attached hydrogens (primary N) is 1. The molecule has 4 heterocycles. The van der Waals surface area contributed by atoms with Crippen LogP contribution in [-0.4, -0.2) is 69.9 Å². The lowest BCUT2D eigenvalue weighted by Gasteiger charge is -2.32. The van der Waals surface area contributed by atoms with Crippen LogP contribution in [0.15, 0.2) is 54.9 Å². The summed E-state index contributed by atoms with van der Waals surface area (Å²) in [5, 5.41) is 7.81. The number of anilines is 2. The zero-order valence-corrected chi connectivity index (χ0v) is 21.2. The van der Waals surface area contributed by atoms with Gasteiger partial charge in [0.1, 0.15) is 35.6 Å². The predicted molar refractivity (Wildman–Crippen MR) is 138 cm³/mol. The molecule has 1 unspecified atom stereocenters. The Morgan fingerprint density at radius 1 is 1.15 bits per heavy atom. The molecule has 0 radical (unpaired) electrons. The average Bonchev–Trinajstić information content (AvgIpc) is 3.34. The fraction of sp³-hybridized carbons (Fsp3) is 0.269. The van der Waals surface area contributed by atoms with Gasteiger partial charge in [-0.15, -0.1) is 0 Å². The van der Waals surface area contributed by atoms with Gasteiger partial charge in [0.05, 0.1) is 24.4 Å². The number of rotatable bonds is 6. The Morgan fingerprint density at radius 2 is 1.90 bits per heavy atom. The molecule has 208 valence electrons. The summed E-state index contributed by atoms with van der Waals surface area (Å²) < 4.78 is 51.5. The molecule has 1 saturated heterocycles. The molecule has 11 nitrogen and oxygen atoms in total. The second-order valence-corrected chi connectivity index (χ2v) is 8.95. The van der Waals surface area contributed by atoms with Crippen molar-refractivity contribution in [3.63, 3.8) is 0 Å². The average molecular weight is 556 g/mol. The lowest BCUT2D eigenvalue weighted by atomic mass is 10.1. The fourth-order valence-corrected chi connectivity index (χ4v) is 4.41. The first-order valence-electron chi connectivity index (χ1n) is 12.1. The summed E-state index contributed by atoms with van der Waals surface area (Å²) in [7, 11) is 1.46. The number of halogens is 3. The Hall–Kier alpha value is -4.56. The molecule has 1 aliphatic heterocycles. The molecule has 4 aromatic rings. The quantitative estimate of drug-likeness (QED) is 0.370. The van der Waals surface area contributed by atoms with Gasteiger partial charge >= 0.3 is 6.18 Å². The number of fused-ring (bicyclic) bond motifs is 1. The van der Waals surface area contributed by atoms with Gasteiger partial charge in [-0.3, -0.25) is 9.59 Å². The third kappa shape index (κ3) is 5.44. The van der Waals surface area contributed by atoms with Gasteiger partial charge in [-0.1, -0.05) is 0 Å². The van der Waals surface area contributed by atoms with Crippen molar-refractivity contribution in [1.29, 1.82) is 0 Å². The highest BCUT2D eigenvalue weighted by Crippen LogP contribution is 2.33. The number of hydrogen-bond acceptors (Lipinski definition) is 8. The lowest BCUT2D eigenvalue weighted by Crippen LogP contribution is -2.43. The van der Waals surface area contributed by atoms with Crippen LogP contribution in [0.25, 0.3) is 16.6 Å². The van der Waals surface area contributed by atoms with Crippen molar-refractivity contribution >= 4 is 34.4 Å². The van der Waals surface area contributed by atoms with Gasteiger partial charge < -0.3 is 25.4 Å². The first-order chi connectivity index (χ1) is 19.2. The van der Waals surface area contributed by atoms with Crippen LogP contribution in [0.5, 0.6) is 0 Å². The maximum atomic E-state index is 13.0. The molecule has 3 aromatic heterocycles. The monoisotopic (exact) mass is 555 g/mol. The van der Waals surface area contributed by atoms with Crippen LogP contribution < -0.4 is 11.1 Å². The van der Waals surface area contributed by atoms with E-state index >= 15 is 0 Å². The molecule has 1 aliphatic rings. The Morgan fingerprint density at radius 3 is 2.62 bits per heavy atom. The third-order valence-corrected chi connectivity index (χ3v) is 6.34. The van der Waals surface area contributed by atoms with E-state index in [4.69, 9.17) is 20.3 Å². The van der Waals surface area contributed by atoms with Gasteiger partial charge in [-0.05, 0) is 42.5 Å². The molecule has 0 saturated carbocycles. The van der Waals surface area contributed by atoms with Crippen molar-refractivity contribution in [1.82, 2.24) is 24.6 Å². The minimum absolute atomic E-state index is 0.0392. The van der Waals surface area contributed by atoms with E-state index < -0.39 is 23.8 Å². The number of hydrogen-bond donors (Lipinski definition) is 2. The van der Waals surface area contributed by atoms with Crippen molar-refractivity contribution < 1.29 is 32.2 Å². The van der Waals surface area contributed by atoms with Crippen LogP contribution in [0.2, 0.25) is 0 Å². The van der Waals surface area contributed by atoms with Crippen LogP contribution >= 0.6 is 0 Å². The summed E-state index contributed by atoms with van der Waals surface area (Å²) in [5.74, 6) is -0.801. The van der Waals surface area contributed by atoms with Crippen LogP contribution in [-0.2, 0) is 20.4 Å². The van der Waals surface area contributed by atoms with Crippen molar-refractivity contribution in [2.45, 2.75) is 12.3 Å². The van der Waals surface area contributed by atoms with E-state index in [0.29, 0.717) is 35.4 Å². The van der Waals surface area contributed by atoms with Gasteiger partial charge in [0.25, 0.3) is 5.91 Å². The number of amides is 2. The minimum atomic E-state index is -4.56. The van der Waals surface area contributed by atoms with E-state index in [0.717, 1.165) is 18.3 Å². The van der Waals surface area contributed by atoms with Crippen LogP contribution in [0.4, 0.5) is 24.8 Å². The zero-order chi connectivity index (χ0) is 28.4. The number of benzene rings is 1. The van der Waals surface area contributed by atoms with Crippen molar-refractivity contribution in [3.8, 4) is 5.69 Å². The highest BCUT2D eigenvalue weighted by molar-refractivity contribution is 6.04. The van der Waals surface area contributed by atoms with Crippen LogP contribution in [0.1, 0.15) is 27.7 Å². The first kappa shape index (κ1) is 27.0. The summed E-state index contributed by atoms with van der Waals surface area (Å²) in [6.07, 6.45) is -2.56. The Bertz CT molecular complexity index is 1560. The number of carbonyl (C=O) groups is 2. The van der Waals surface area contributed by atoms with Gasteiger partial charge in [-0.25, -0.2) is 14.6 Å². The highest BCUT2D eigenvalue weighted by atomic mass is 19.4. The van der Waals surface area contributed by atoms with E-state index in [1.165, 1.54) is 19.2 Å². The molecule has 0 spiro atoms. The lowest BCUT2D eigenvalue weighted by molar-refractivity contribution is -0.143. The third-order valence-electron chi connectivity index (χ3n) is 6.34. The normalized spacial score (nSPS) is 15.8. The molecule has 5 rings (SSSR count). The second kappa shape index (κ2) is 10.9. The number of carbonyl (C=O) groups excluding carboxylic acids is 2. The number of pyridine rings is 2. The van der Waals surface area contributed by atoms with Gasteiger partial charge in [0.15, 0.2) is 0 Å². The topological polar surface area (TPSA) is 137 Å². The molecule has 2 amide bonds. The van der Waals surface area contributed by atoms with E-state index in [1.54, 1.807) is 34.0 Å². The van der Waals surface area contributed by atoms with Crippen molar-refractivity contribution in [2.24, 2.45) is 0 Å². The maximum absolute atomic E-state index is 13.0. The smallest absolute Gasteiger partial charge is 0.382 e. The van der Waals surface area contributed by atoms with Gasteiger partial charge in [0.2, 0.25) is 5.91 Å². The number of nitrogens with one attached hydrogen (secondary N) is 1. The first-order valence-corrected chi connectivity index (χ1v) is 12.1. The van der Waals surface area contributed by atoms with E-state index in [2.05, 4.69) is 15.3 Å². The highest BCUT2D eigenvalue weighted by Gasteiger charge is 2.31. The number of morpholine rings is 1. The van der Waals surface area contributed by atoms with Crippen molar-refractivity contribution in [2.75, 3.05) is 44.5 Å². The Balaban J connectivity index is 1.42. The van der Waals surface area contributed by atoms with E-state index in [9.17, 15) is 22.8 Å². The second-order valence-electron chi connectivity index (χ2n) is 8.95. The molecule has 40 heavy (non-hydrogen) atoms. The maximum Gasteiger partial charge on any atom is 0.416 e. The number of methoxy groups -OCH3 is 1. The molecular formula is C26H24F3N7O4. The Kier molecular flexibility index (Phi) is 7.36. The molecule has 1 fully saturated rings. The summed E-state index contributed by atoms with van der Waals surface area (Å²) in [6, 6.07) is 9.58. The summed E-state index contributed by atoms with van der Waals surface area (Å²) in [5.41, 5.74) is 7.12. The number of aromatic nitrogens is 4. The number of ether oxygens (including phenoxy) is 2. The summed E-state index contributed by atoms with van der Waals surface area (Å²) in [4.78, 5) is 34.7. The molecule has 14 heteroatoms.